The third kappa shape index (κ3) is 4.17. The van der Waals surface area contributed by atoms with Gasteiger partial charge in [0.25, 0.3) is 0 Å². The van der Waals surface area contributed by atoms with Gasteiger partial charge in [-0.1, -0.05) is 23.8 Å². The van der Waals surface area contributed by atoms with Crippen LogP contribution in [-0.2, 0) is 21.2 Å². The highest BCUT2D eigenvalue weighted by atomic mass is 35.5. The maximum atomic E-state index is 12.5. The number of sulfonamides is 1. The second-order valence-electron chi connectivity index (χ2n) is 6.10. The molecule has 1 heterocycles. The number of fused-ring (bicyclic) bond motifs is 1. The van der Waals surface area contributed by atoms with Crippen molar-refractivity contribution in [1.29, 1.82) is 0 Å². The third-order valence-corrected chi connectivity index (χ3v) is 5.92. The van der Waals surface area contributed by atoms with Crippen molar-refractivity contribution in [2.24, 2.45) is 0 Å². The number of halogens is 1. The molecule has 0 atom stereocenters. The number of H-pyrrole nitrogens is 1. The van der Waals surface area contributed by atoms with Crippen LogP contribution in [0, 0.1) is 0 Å². The molecule has 138 valence electrons. The van der Waals surface area contributed by atoms with Gasteiger partial charge in [-0.2, -0.15) is 0 Å². The summed E-state index contributed by atoms with van der Waals surface area (Å²) in [5, 5.41) is 4.99. The molecule has 0 spiro atoms. The van der Waals surface area contributed by atoms with Crippen LogP contribution in [0.3, 0.4) is 0 Å². The van der Waals surface area contributed by atoms with Gasteiger partial charge >= 0.3 is 0 Å². The molecule has 0 saturated carbocycles. The lowest BCUT2D eigenvalue weighted by molar-refractivity contribution is -0.114. The lowest BCUT2D eigenvalue weighted by Gasteiger charge is -2.09. The summed E-state index contributed by atoms with van der Waals surface area (Å²) in [6.07, 6.45) is 8.87. The summed E-state index contributed by atoms with van der Waals surface area (Å²) >= 11 is 6.06. The van der Waals surface area contributed by atoms with Gasteiger partial charge in [0.2, 0.25) is 15.9 Å². The molecule has 1 aromatic carbocycles. The molecule has 3 rings (SSSR count). The average molecular weight is 394 g/mol. The predicted octanol–water partition coefficient (Wildman–Crippen LogP) is 1.50. The van der Waals surface area contributed by atoms with Crippen LogP contribution < -0.4 is 20.6 Å². The highest BCUT2D eigenvalue weighted by Crippen LogP contribution is 2.25. The molecule has 8 heteroatoms. The number of rotatable bonds is 6. The van der Waals surface area contributed by atoms with E-state index in [1.165, 1.54) is 25.1 Å². The lowest BCUT2D eigenvalue weighted by atomic mass is 10.1. The van der Waals surface area contributed by atoms with Crippen molar-refractivity contribution in [3.05, 3.63) is 45.5 Å². The topological polar surface area (TPSA) is 91.1 Å². The number of hydrogen-bond acceptors (Lipinski definition) is 3. The molecule has 0 aliphatic heterocycles. The first-order chi connectivity index (χ1) is 12.4. The van der Waals surface area contributed by atoms with Gasteiger partial charge in [0.05, 0.1) is 15.6 Å². The normalized spacial score (nSPS) is 13.5. The minimum atomic E-state index is -3.68. The van der Waals surface area contributed by atoms with E-state index in [0.717, 1.165) is 29.0 Å². The molecule has 0 saturated heterocycles. The van der Waals surface area contributed by atoms with Gasteiger partial charge in [0, 0.05) is 25.0 Å². The average Bonchev–Trinajstić information content (AvgIpc) is 2.99. The molecule has 0 bridgehead atoms. The number of hydrogen-bond donors (Lipinski definition) is 3. The molecule has 1 amide bonds. The maximum absolute atomic E-state index is 12.5. The Balaban J connectivity index is 1.69. The fraction of sp³-hybridized carbons (Fsp3) is 0.278. The lowest BCUT2D eigenvalue weighted by Crippen LogP contribution is -2.30. The molecule has 0 radical (unpaired) electrons. The highest BCUT2D eigenvalue weighted by molar-refractivity contribution is 7.89. The van der Waals surface area contributed by atoms with Gasteiger partial charge in [-0.05, 0) is 48.2 Å². The van der Waals surface area contributed by atoms with Crippen LogP contribution in [0.5, 0.6) is 0 Å². The first kappa shape index (κ1) is 18.7. The largest absolute Gasteiger partial charge is 0.361 e. The zero-order chi connectivity index (χ0) is 18.7. The number of aromatic amines is 1. The number of aromatic nitrogens is 1. The minimum absolute atomic E-state index is 0.0626. The Bertz CT molecular complexity index is 1060. The van der Waals surface area contributed by atoms with Crippen molar-refractivity contribution in [2.45, 2.75) is 31.1 Å². The highest BCUT2D eigenvalue weighted by Gasteiger charge is 2.16. The zero-order valence-electron chi connectivity index (χ0n) is 14.3. The minimum Gasteiger partial charge on any atom is -0.361 e. The van der Waals surface area contributed by atoms with Crippen LogP contribution in [0.25, 0.3) is 12.2 Å². The van der Waals surface area contributed by atoms with Crippen LogP contribution in [0.15, 0.2) is 29.3 Å². The van der Waals surface area contributed by atoms with Crippen molar-refractivity contribution < 1.29 is 13.2 Å². The summed E-state index contributed by atoms with van der Waals surface area (Å²) in [7, 11) is -3.68. The second kappa shape index (κ2) is 7.65. The van der Waals surface area contributed by atoms with Gasteiger partial charge in [-0.25, -0.2) is 13.1 Å². The number of nitrogens with one attached hydrogen (secondary N) is 3. The molecule has 0 fully saturated rings. The smallest absolute Gasteiger partial charge is 0.240 e. The Morgan fingerprint density at radius 2 is 2.04 bits per heavy atom. The van der Waals surface area contributed by atoms with E-state index >= 15 is 0 Å². The van der Waals surface area contributed by atoms with E-state index in [-0.39, 0.29) is 22.4 Å². The van der Waals surface area contributed by atoms with Gasteiger partial charge in [-0.3, -0.25) is 4.79 Å². The monoisotopic (exact) mass is 393 g/mol. The van der Waals surface area contributed by atoms with Gasteiger partial charge < -0.3 is 10.3 Å². The SMILES string of the molecule is CC(=O)Nc1ccc(S(=O)(=O)NCCc2c[nH]c3c2=CCCC=3)cc1Cl. The number of benzene rings is 1. The molecule has 6 nitrogen and oxygen atoms in total. The molecule has 1 aliphatic rings. The van der Waals surface area contributed by atoms with E-state index < -0.39 is 10.0 Å². The van der Waals surface area contributed by atoms with Gasteiger partial charge in [0.15, 0.2) is 0 Å². The van der Waals surface area contributed by atoms with Crippen molar-refractivity contribution in [1.82, 2.24) is 9.71 Å². The second-order valence-corrected chi connectivity index (χ2v) is 8.27. The summed E-state index contributed by atoms with van der Waals surface area (Å²) in [6.45, 7) is 1.64. The van der Waals surface area contributed by atoms with Crippen LogP contribution in [0.4, 0.5) is 5.69 Å². The van der Waals surface area contributed by atoms with E-state index in [0.29, 0.717) is 12.1 Å². The Kier molecular flexibility index (Phi) is 5.50. The summed E-state index contributed by atoms with van der Waals surface area (Å²) < 4.78 is 27.5. The van der Waals surface area contributed by atoms with Crippen molar-refractivity contribution in [3.63, 3.8) is 0 Å². The molecule has 1 aliphatic carbocycles. The Labute approximate surface area is 157 Å². The number of carbonyl (C=O) groups excluding carboxylic acids is 1. The van der Waals surface area contributed by atoms with E-state index in [2.05, 4.69) is 27.2 Å². The first-order valence-corrected chi connectivity index (χ1v) is 10.2. The molecule has 3 N–H and O–H groups in total. The first-order valence-electron chi connectivity index (χ1n) is 8.30. The van der Waals surface area contributed by atoms with Crippen molar-refractivity contribution >= 4 is 45.4 Å². The van der Waals surface area contributed by atoms with Crippen LogP contribution in [0.2, 0.25) is 5.02 Å². The Morgan fingerprint density at radius 3 is 2.77 bits per heavy atom. The molecular weight excluding hydrogens is 374 g/mol. The summed E-state index contributed by atoms with van der Waals surface area (Å²) in [5.41, 5.74) is 1.47. The number of amides is 1. The quantitative estimate of drug-likeness (QED) is 0.694. The van der Waals surface area contributed by atoms with Gasteiger partial charge in [0.1, 0.15) is 0 Å². The Morgan fingerprint density at radius 1 is 1.27 bits per heavy atom. The molecule has 0 unspecified atom stereocenters. The molecule has 1 aromatic heterocycles. The van der Waals surface area contributed by atoms with Crippen LogP contribution in [0.1, 0.15) is 25.3 Å². The summed E-state index contributed by atoms with van der Waals surface area (Å²) in [5.74, 6) is -0.274. The summed E-state index contributed by atoms with van der Waals surface area (Å²) in [6, 6.07) is 4.22. The Hall–Kier alpha value is -2.09. The van der Waals surface area contributed by atoms with Gasteiger partial charge in [-0.15, -0.1) is 0 Å². The molecular formula is C18H20ClN3O3S. The number of carbonyl (C=O) groups is 1. The molecule has 2 aromatic rings. The van der Waals surface area contributed by atoms with Crippen molar-refractivity contribution in [3.8, 4) is 0 Å². The maximum Gasteiger partial charge on any atom is 0.240 e. The standard InChI is InChI=1S/C18H20ClN3O3S/c1-12(23)22-18-7-6-14(10-16(18)19)26(24,25)21-9-8-13-11-20-17-5-3-2-4-15(13)17/h4-7,10-11,20-21H,2-3,8-9H2,1H3,(H,22,23). The fourth-order valence-corrected chi connectivity index (χ4v) is 4.27. The summed E-state index contributed by atoms with van der Waals surface area (Å²) in [4.78, 5) is 14.4. The fourth-order valence-electron chi connectivity index (χ4n) is 2.92. The zero-order valence-corrected chi connectivity index (χ0v) is 15.9. The molecule has 26 heavy (non-hydrogen) atoms. The van der Waals surface area contributed by atoms with E-state index in [1.54, 1.807) is 0 Å². The van der Waals surface area contributed by atoms with Crippen molar-refractivity contribution in [2.75, 3.05) is 11.9 Å². The van der Waals surface area contributed by atoms with E-state index in [9.17, 15) is 13.2 Å². The van der Waals surface area contributed by atoms with Crippen LogP contribution >= 0.6 is 11.6 Å². The van der Waals surface area contributed by atoms with E-state index in [4.69, 9.17) is 11.6 Å². The number of anilines is 1. The van der Waals surface area contributed by atoms with Crippen LogP contribution in [-0.4, -0.2) is 25.9 Å². The van der Waals surface area contributed by atoms with E-state index in [1.807, 2.05) is 6.20 Å². The predicted molar refractivity (Wildman–Crippen MR) is 103 cm³/mol. The third-order valence-electron chi connectivity index (χ3n) is 4.15.